The Morgan fingerprint density at radius 3 is 2.18 bits per heavy atom. The van der Waals surface area contributed by atoms with E-state index >= 15 is 0 Å². The Kier molecular flexibility index (Phi) is 2.89. The van der Waals surface area contributed by atoms with Crippen LogP contribution in [0.1, 0.15) is 45.4 Å². The lowest BCUT2D eigenvalue weighted by molar-refractivity contribution is -0.126. The lowest BCUT2D eigenvalue weighted by Crippen LogP contribution is -2.58. The van der Waals surface area contributed by atoms with Gasteiger partial charge in [-0.15, -0.1) is 0 Å². The maximum atomic E-state index is 11.9. The molecule has 1 amide bonds. The average Bonchev–Trinajstić information content (AvgIpc) is 2.31. The number of amides is 1. The summed E-state index contributed by atoms with van der Waals surface area (Å²) in [5, 5.41) is 3.25. The number of hydrogen-bond acceptors (Lipinski definition) is 2. The summed E-state index contributed by atoms with van der Waals surface area (Å²) in [5.74, 6) is 3.50. The van der Waals surface area contributed by atoms with Crippen LogP contribution in [-0.2, 0) is 4.79 Å². The fraction of sp³-hybridized carbons (Fsp3) is 0.929. The molecule has 3 heteroatoms. The minimum Gasteiger partial charge on any atom is -0.351 e. The molecule has 0 aromatic rings. The molecule has 96 valence electrons. The van der Waals surface area contributed by atoms with Crippen molar-refractivity contribution in [2.24, 2.45) is 29.4 Å². The van der Waals surface area contributed by atoms with Crippen molar-refractivity contribution in [1.82, 2.24) is 5.32 Å². The predicted molar refractivity (Wildman–Crippen MR) is 67.2 cm³/mol. The molecule has 4 saturated carbocycles. The molecule has 0 radical (unpaired) electrons. The Labute approximate surface area is 104 Å². The number of nitrogens with two attached hydrogens (primary N) is 1. The van der Waals surface area contributed by atoms with Crippen molar-refractivity contribution in [2.45, 2.75) is 57.5 Å². The highest BCUT2D eigenvalue weighted by Gasteiger charge is 2.48. The SMILES string of the molecule is CCC(N)C(=O)NC1C2CC3CC(C2)CC1C3. The van der Waals surface area contributed by atoms with Crippen LogP contribution in [0.2, 0.25) is 0 Å². The van der Waals surface area contributed by atoms with Gasteiger partial charge in [-0.1, -0.05) is 6.92 Å². The van der Waals surface area contributed by atoms with E-state index in [-0.39, 0.29) is 11.9 Å². The van der Waals surface area contributed by atoms with Crippen molar-refractivity contribution < 1.29 is 4.79 Å². The summed E-state index contributed by atoms with van der Waals surface area (Å²) < 4.78 is 0. The smallest absolute Gasteiger partial charge is 0.237 e. The Morgan fingerprint density at radius 2 is 1.71 bits per heavy atom. The number of nitrogens with one attached hydrogen (secondary N) is 1. The molecule has 4 rings (SSSR count). The number of rotatable bonds is 3. The molecule has 4 aliphatic carbocycles. The van der Waals surface area contributed by atoms with Crippen LogP contribution in [0.5, 0.6) is 0 Å². The largest absolute Gasteiger partial charge is 0.351 e. The van der Waals surface area contributed by atoms with Crippen molar-refractivity contribution in [1.29, 1.82) is 0 Å². The zero-order valence-corrected chi connectivity index (χ0v) is 10.7. The van der Waals surface area contributed by atoms with Crippen molar-refractivity contribution >= 4 is 5.91 Å². The van der Waals surface area contributed by atoms with Gasteiger partial charge < -0.3 is 11.1 Å². The zero-order valence-electron chi connectivity index (χ0n) is 10.7. The predicted octanol–water partition coefficient (Wildman–Crippen LogP) is 1.66. The minimum absolute atomic E-state index is 0.0740. The van der Waals surface area contributed by atoms with Crippen LogP contribution in [0.3, 0.4) is 0 Å². The van der Waals surface area contributed by atoms with Crippen LogP contribution in [-0.4, -0.2) is 18.0 Å². The second kappa shape index (κ2) is 4.27. The van der Waals surface area contributed by atoms with Gasteiger partial charge in [-0.2, -0.15) is 0 Å². The topological polar surface area (TPSA) is 55.1 Å². The van der Waals surface area contributed by atoms with Crippen LogP contribution in [0.15, 0.2) is 0 Å². The van der Waals surface area contributed by atoms with Gasteiger partial charge in [0.1, 0.15) is 0 Å². The molecule has 1 atom stereocenters. The molecular weight excluding hydrogens is 212 g/mol. The van der Waals surface area contributed by atoms with Crippen LogP contribution in [0, 0.1) is 23.7 Å². The molecule has 4 bridgehead atoms. The van der Waals surface area contributed by atoms with Crippen LogP contribution >= 0.6 is 0 Å². The van der Waals surface area contributed by atoms with Crippen molar-refractivity contribution in [2.75, 3.05) is 0 Å². The van der Waals surface area contributed by atoms with E-state index in [1.54, 1.807) is 0 Å². The van der Waals surface area contributed by atoms with Gasteiger partial charge in [-0.3, -0.25) is 4.79 Å². The Hall–Kier alpha value is -0.570. The van der Waals surface area contributed by atoms with E-state index in [0.717, 1.165) is 30.1 Å². The van der Waals surface area contributed by atoms with Crippen LogP contribution in [0.25, 0.3) is 0 Å². The van der Waals surface area contributed by atoms with Gasteiger partial charge in [0.15, 0.2) is 0 Å². The van der Waals surface area contributed by atoms with Crippen LogP contribution in [0.4, 0.5) is 0 Å². The van der Waals surface area contributed by atoms with Gasteiger partial charge in [0.05, 0.1) is 6.04 Å². The quantitative estimate of drug-likeness (QED) is 0.783. The summed E-state index contributed by atoms with van der Waals surface area (Å²) in [6, 6.07) is 0.125. The highest BCUT2D eigenvalue weighted by molar-refractivity contribution is 5.81. The van der Waals surface area contributed by atoms with Crippen LogP contribution < -0.4 is 11.1 Å². The Bertz CT molecular complexity index is 287. The van der Waals surface area contributed by atoms with Gasteiger partial charge in [0, 0.05) is 6.04 Å². The zero-order chi connectivity index (χ0) is 12.0. The van der Waals surface area contributed by atoms with Crippen molar-refractivity contribution in [3.05, 3.63) is 0 Å². The lowest BCUT2D eigenvalue weighted by atomic mass is 9.54. The second-order valence-corrected chi connectivity index (χ2v) is 6.48. The number of carbonyl (C=O) groups is 1. The lowest BCUT2D eigenvalue weighted by Gasteiger charge is -2.54. The van der Waals surface area contributed by atoms with E-state index < -0.39 is 0 Å². The molecule has 0 aromatic heterocycles. The highest BCUT2D eigenvalue weighted by Crippen LogP contribution is 2.53. The molecular formula is C14H24N2O. The molecule has 0 heterocycles. The maximum Gasteiger partial charge on any atom is 0.237 e. The molecule has 0 aliphatic heterocycles. The third kappa shape index (κ3) is 1.99. The van der Waals surface area contributed by atoms with Gasteiger partial charge >= 0.3 is 0 Å². The van der Waals surface area contributed by atoms with Crippen molar-refractivity contribution in [3.8, 4) is 0 Å². The summed E-state index contributed by atoms with van der Waals surface area (Å²) in [6.07, 6.45) is 7.58. The first-order valence-electron chi connectivity index (χ1n) is 7.23. The van der Waals surface area contributed by atoms with Crippen molar-refractivity contribution in [3.63, 3.8) is 0 Å². The fourth-order valence-electron chi connectivity index (χ4n) is 4.62. The first-order chi connectivity index (χ1) is 8.17. The second-order valence-electron chi connectivity index (χ2n) is 6.48. The number of carbonyl (C=O) groups excluding carboxylic acids is 1. The molecule has 17 heavy (non-hydrogen) atoms. The van der Waals surface area contributed by atoms with E-state index in [0.29, 0.717) is 6.04 Å². The standard InChI is InChI=1S/C14H24N2O/c1-2-12(15)14(17)16-13-10-4-8-3-9(6-10)7-11(13)5-8/h8-13H,2-7,15H2,1H3,(H,16,17). The van der Waals surface area contributed by atoms with E-state index in [4.69, 9.17) is 5.73 Å². The summed E-state index contributed by atoms with van der Waals surface area (Å²) in [4.78, 5) is 11.9. The molecule has 0 aromatic carbocycles. The third-order valence-electron chi connectivity index (χ3n) is 5.31. The molecule has 3 nitrogen and oxygen atoms in total. The first-order valence-corrected chi connectivity index (χ1v) is 7.23. The molecule has 0 saturated heterocycles. The van der Waals surface area contributed by atoms with E-state index in [2.05, 4.69) is 5.32 Å². The molecule has 0 spiro atoms. The Balaban J connectivity index is 1.66. The maximum absolute atomic E-state index is 11.9. The van der Waals surface area contributed by atoms with Gasteiger partial charge in [0.25, 0.3) is 0 Å². The summed E-state index contributed by atoms with van der Waals surface area (Å²) in [5.41, 5.74) is 5.81. The molecule has 3 N–H and O–H groups in total. The first kappa shape index (κ1) is 11.5. The fourth-order valence-corrected chi connectivity index (χ4v) is 4.62. The molecule has 4 fully saturated rings. The molecule has 4 aliphatic rings. The molecule has 1 unspecified atom stereocenters. The number of hydrogen-bond donors (Lipinski definition) is 2. The van der Waals surface area contributed by atoms with E-state index in [1.165, 1.54) is 32.1 Å². The summed E-state index contributed by atoms with van der Waals surface area (Å²) in [7, 11) is 0. The monoisotopic (exact) mass is 236 g/mol. The highest BCUT2D eigenvalue weighted by atomic mass is 16.2. The average molecular weight is 236 g/mol. The summed E-state index contributed by atoms with van der Waals surface area (Å²) >= 11 is 0. The van der Waals surface area contributed by atoms with Gasteiger partial charge in [0.2, 0.25) is 5.91 Å². The van der Waals surface area contributed by atoms with Gasteiger partial charge in [-0.05, 0) is 62.2 Å². The van der Waals surface area contributed by atoms with Gasteiger partial charge in [-0.25, -0.2) is 0 Å². The Morgan fingerprint density at radius 1 is 1.18 bits per heavy atom. The summed E-state index contributed by atoms with van der Waals surface area (Å²) in [6.45, 7) is 1.97. The van der Waals surface area contributed by atoms with E-state index in [1.807, 2.05) is 6.92 Å². The van der Waals surface area contributed by atoms with E-state index in [9.17, 15) is 4.79 Å². The normalized spacial score (nSPS) is 44.7. The minimum atomic E-state index is -0.313. The third-order valence-corrected chi connectivity index (χ3v) is 5.31.